The Labute approximate surface area is 163 Å². The summed E-state index contributed by atoms with van der Waals surface area (Å²) in [5.74, 6) is 1.57. The summed E-state index contributed by atoms with van der Waals surface area (Å²) in [6.45, 7) is 4.48. The minimum atomic E-state index is -4.32. The van der Waals surface area contributed by atoms with Gasteiger partial charge in [0.15, 0.2) is 0 Å². The van der Waals surface area contributed by atoms with Crippen LogP contribution in [0.5, 0.6) is 0 Å². The van der Waals surface area contributed by atoms with Gasteiger partial charge in [0.05, 0.1) is 6.54 Å². The van der Waals surface area contributed by atoms with Gasteiger partial charge in [-0.15, -0.1) is 0 Å². The minimum absolute atomic E-state index is 0.0950. The maximum absolute atomic E-state index is 12.8. The highest BCUT2D eigenvalue weighted by molar-refractivity contribution is 8.02. The molecule has 0 aliphatic carbocycles. The molecule has 2 aromatic rings. The number of alkyl halides is 3. The summed E-state index contributed by atoms with van der Waals surface area (Å²) in [4.78, 5) is 13.1. The van der Waals surface area contributed by atoms with E-state index < -0.39 is 5.51 Å². The third-order valence-corrected chi connectivity index (χ3v) is 5.66. The van der Waals surface area contributed by atoms with E-state index >= 15 is 0 Å². The zero-order valence-corrected chi connectivity index (χ0v) is 15.8. The van der Waals surface area contributed by atoms with Crippen molar-refractivity contribution < 1.29 is 13.2 Å². The van der Waals surface area contributed by atoms with Crippen molar-refractivity contribution in [2.75, 3.05) is 6.54 Å². The summed E-state index contributed by atoms with van der Waals surface area (Å²) in [6.07, 6.45) is 7.18. The van der Waals surface area contributed by atoms with Crippen LogP contribution in [0.25, 0.3) is 0 Å². The maximum atomic E-state index is 12.8. The van der Waals surface area contributed by atoms with E-state index in [0.29, 0.717) is 24.4 Å². The molecule has 3 rings (SSSR count). The van der Waals surface area contributed by atoms with E-state index in [4.69, 9.17) is 0 Å². The highest BCUT2D eigenvalue weighted by Crippen LogP contribution is 2.42. The summed E-state index contributed by atoms with van der Waals surface area (Å²) in [5, 5.41) is 0. The molecule has 0 amide bonds. The normalized spacial score (nSPS) is 17.2. The molecule has 5 nitrogen and oxygen atoms in total. The number of hydrogen-bond donors (Lipinski definition) is 0. The molecule has 1 aliphatic rings. The molecule has 0 fully saturated rings. The van der Waals surface area contributed by atoms with E-state index in [-0.39, 0.29) is 16.7 Å². The number of hydrogen-bond acceptors (Lipinski definition) is 6. The lowest BCUT2D eigenvalue weighted by atomic mass is 10.4. The Morgan fingerprint density at radius 2 is 1.96 bits per heavy atom. The number of nitrogens with zero attached hydrogens (tertiary/aromatic N) is 5. The zero-order chi connectivity index (χ0) is 19.3. The zero-order valence-electron chi connectivity index (χ0n) is 14.1. The second kappa shape index (κ2) is 8.77. The van der Waals surface area contributed by atoms with Gasteiger partial charge in [-0.25, -0.2) is 14.3 Å². The van der Waals surface area contributed by atoms with E-state index in [0.717, 1.165) is 11.7 Å². The molecule has 0 saturated carbocycles. The van der Waals surface area contributed by atoms with Gasteiger partial charge in [-0.3, -0.25) is 9.56 Å². The first-order valence-corrected chi connectivity index (χ1v) is 9.53. The van der Waals surface area contributed by atoms with Crippen LogP contribution in [-0.2, 0) is 6.54 Å². The molecule has 0 unspecified atom stereocenters. The second-order valence-electron chi connectivity index (χ2n) is 5.44. The highest BCUT2D eigenvalue weighted by Gasteiger charge is 2.31. The van der Waals surface area contributed by atoms with Gasteiger partial charge in [0, 0.05) is 47.6 Å². The lowest BCUT2D eigenvalue weighted by Gasteiger charge is -2.19. The summed E-state index contributed by atoms with van der Waals surface area (Å²) in [6, 6.07) is 6.53. The number of imidazole rings is 1. The van der Waals surface area contributed by atoms with Crippen molar-refractivity contribution in [2.24, 2.45) is 9.98 Å². The molecule has 10 heteroatoms. The molecule has 0 atom stereocenters. The van der Waals surface area contributed by atoms with Gasteiger partial charge >= 0.3 is 5.51 Å². The molecule has 142 valence electrons. The minimum Gasteiger partial charge on any atom is -0.290 e. The molecule has 1 aromatic carbocycles. The summed E-state index contributed by atoms with van der Waals surface area (Å²) in [7, 11) is 0. The Kier molecular flexibility index (Phi) is 6.40. The number of aliphatic imine (C=N–C) groups is 2. The molecule has 0 radical (unpaired) electrons. The maximum Gasteiger partial charge on any atom is 0.446 e. The first-order valence-electron chi connectivity index (χ1n) is 7.94. The predicted octanol–water partition coefficient (Wildman–Crippen LogP) is 4.83. The number of rotatable bonds is 5. The Hall–Kier alpha value is -2.04. The van der Waals surface area contributed by atoms with Crippen molar-refractivity contribution in [2.45, 2.75) is 28.3 Å². The predicted molar refractivity (Wildman–Crippen MR) is 103 cm³/mol. The average molecular weight is 411 g/mol. The van der Waals surface area contributed by atoms with Crippen LogP contribution in [0.4, 0.5) is 13.2 Å². The van der Waals surface area contributed by atoms with Crippen LogP contribution in [-0.4, -0.2) is 38.5 Å². The number of fused-ring (bicyclic) bond motifs is 1. The standard InChI is InChI=1S/C17H16F3N5S2/c1-21-7-8-22-15-6-10-24(12-16-23-9-11-25(15)16)27-14-5-3-2-4-13(14)26-17(18,19)20/h2-5,7-9,11H,1,6,10,12H2/b8-7-,22-15?. The fourth-order valence-electron chi connectivity index (χ4n) is 2.51. The molecule has 0 bridgehead atoms. The quantitative estimate of drug-likeness (QED) is 0.402. The van der Waals surface area contributed by atoms with Crippen LogP contribution >= 0.6 is 23.7 Å². The van der Waals surface area contributed by atoms with E-state index in [1.165, 1.54) is 24.2 Å². The number of thioether (sulfide) groups is 1. The highest BCUT2D eigenvalue weighted by atomic mass is 32.2. The van der Waals surface area contributed by atoms with E-state index in [2.05, 4.69) is 21.7 Å². The topological polar surface area (TPSA) is 45.8 Å². The lowest BCUT2D eigenvalue weighted by Crippen LogP contribution is -2.16. The molecule has 2 heterocycles. The molecular formula is C17H16F3N5S2. The average Bonchev–Trinajstić information content (AvgIpc) is 3.00. The smallest absolute Gasteiger partial charge is 0.290 e. The molecule has 0 saturated heterocycles. The summed E-state index contributed by atoms with van der Waals surface area (Å²) >= 11 is 1.21. The fourth-order valence-corrected chi connectivity index (χ4v) is 4.25. The summed E-state index contributed by atoms with van der Waals surface area (Å²) < 4.78 is 42.3. The van der Waals surface area contributed by atoms with Crippen LogP contribution in [0, 0.1) is 0 Å². The Morgan fingerprint density at radius 1 is 1.19 bits per heavy atom. The van der Waals surface area contributed by atoms with Gasteiger partial charge in [-0.1, -0.05) is 12.1 Å². The van der Waals surface area contributed by atoms with Gasteiger partial charge in [0.1, 0.15) is 11.7 Å². The van der Waals surface area contributed by atoms with E-state index in [9.17, 15) is 13.2 Å². The Bertz CT molecular complexity index is 860. The van der Waals surface area contributed by atoms with Gasteiger partial charge in [-0.05, 0) is 42.6 Å². The van der Waals surface area contributed by atoms with E-state index in [1.807, 2.05) is 15.1 Å². The van der Waals surface area contributed by atoms with Crippen molar-refractivity contribution in [1.29, 1.82) is 0 Å². The number of halogens is 3. The van der Waals surface area contributed by atoms with Crippen molar-refractivity contribution >= 4 is 36.3 Å². The second-order valence-corrected chi connectivity index (χ2v) is 7.68. The molecule has 0 N–H and O–H groups in total. The largest absolute Gasteiger partial charge is 0.446 e. The Morgan fingerprint density at radius 3 is 2.70 bits per heavy atom. The summed E-state index contributed by atoms with van der Waals surface area (Å²) in [5.41, 5.74) is -4.32. The van der Waals surface area contributed by atoms with Gasteiger partial charge < -0.3 is 0 Å². The first kappa shape index (κ1) is 19.7. The molecule has 0 spiro atoms. The fraction of sp³-hybridized carbons (Fsp3) is 0.235. The van der Waals surface area contributed by atoms with Crippen LogP contribution in [0.2, 0.25) is 0 Å². The SMILES string of the molecule is C=N/C=C\N=C1CCN(Sc2ccccc2SC(F)(F)F)Cc2nccn21. The lowest BCUT2D eigenvalue weighted by molar-refractivity contribution is -0.0328. The van der Waals surface area contributed by atoms with Crippen LogP contribution in [0.15, 0.2) is 68.8 Å². The van der Waals surface area contributed by atoms with Crippen molar-refractivity contribution in [3.05, 3.63) is 54.9 Å². The molecule has 1 aliphatic heterocycles. The van der Waals surface area contributed by atoms with Gasteiger partial charge in [0.2, 0.25) is 0 Å². The first-order chi connectivity index (χ1) is 13.0. The third kappa shape index (κ3) is 5.47. The molecular weight excluding hydrogens is 395 g/mol. The van der Waals surface area contributed by atoms with Gasteiger partial charge in [-0.2, -0.15) is 13.2 Å². The number of benzene rings is 1. The van der Waals surface area contributed by atoms with Gasteiger partial charge in [0.25, 0.3) is 0 Å². The van der Waals surface area contributed by atoms with Crippen molar-refractivity contribution in [1.82, 2.24) is 13.9 Å². The molecule has 1 aromatic heterocycles. The van der Waals surface area contributed by atoms with Crippen LogP contribution < -0.4 is 0 Å². The van der Waals surface area contributed by atoms with Crippen molar-refractivity contribution in [3.8, 4) is 0 Å². The van der Waals surface area contributed by atoms with E-state index in [1.54, 1.807) is 30.6 Å². The third-order valence-electron chi connectivity index (χ3n) is 3.60. The van der Waals surface area contributed by atoms with Crippen LogP contribution in [0.3, 0.4) is 0 Å². The number of aromatic nitrogens is 2. The molecule has 27 heavy (non-hydrogen) atoms. The van der Waals surface area contributed by atoms with Crippen LogP contribution in [0.1, 0.15) is 12.2 Å². The van der Waals surface area contributed by atoms with Crippen molar-refractivity contribution in [3.63, 3.8) is 0 Å². The monoisotopic (exact) mass is 411 g/mol. The Balaban J connectivity index is 1.80.